The number of carbonyl (C=O) groups excluding carboxylic acids is 2. The molecule has 0 unspecified atom stereocenters. The first kappa shape index (κ1) is 16.8. The van der Waals surface area contributed by atoms with E-state index in [1.165, 1.54) is 14.2 Å². The average molecular weight is 321 g/mol. The number of nitrogens with zero attached hydrogens (tertiary/aromatic N) is 1. The van der Waals surface area contributed by atoms with Crippen LogP contribution in [0.4, 0.5) is 5.69 Å². The second-order valence-electron chi connectivity index (χ2n) is 4.82. The molecule has 23 heavy (non-hydrogen) atoms. The molecule has 1 aromatic rings. The van der Waals surface area contributed by atoms with Crippen LogP contribution in [0, 0.1) is 6.92 Å². The van der Waals surface area contributed by atoms with E-state index in [4.69, 9.17) is 18.9 Å². The molecule has 1 aromatic carbocycles. The van der Waals surface area contributed by atoms with E-state index in [9.17, 15) is 9.59 Å². The third kappa shape index (κ3) is 3.14. The van der Waals surface area contributed by atoms with E-state index in [1.807, 2.05) is 19.1 Å². The number of hydrogen-bond acceptors (Lipinski definition) is 7. The molecule has 1 aliphatic heterocycles. The van der Waals surface area contributed by atoms with Crippen molar-refractivity contribution < 1.29 is 28.5 Å². The van der Waals surface area contributed by atoms with Crippen LogP contribution in [0.15, 0.2) is 29.5 Å². The summed E-state index contributed by atoms with van der Waals surface area (Å²) in [6, 6.07) is 5.42. The summed E-state index contributed by atoms with van der Waals surface area (Å²) in [5, 5.41) is 0. The van der Waals surface area contributed by atoms with Gasteiger partial charge in [-0.2, -0.15) is 0 Å². The lowest BCUT2D eigenvalue weighted by Crippen LogP contribution is -2.39. The zero-order valence-corrected chi connectivity index (χ0v) is 13.5. The average Bonchev–Trinajstić information content (AvgIpc) is 2.59. The van der Waals surface area contributed by atoms with E-state index in [2.05, 4.69) is 0 Å². The number of rotatable bonds is 4. The Hall–Kier alpha value is -2.54. The fraction of sp³-hybridized carbons (Fsp3) is 0.375. The topological polar surface area (TPSA) is 74.3 Å². The van der Waals surface area contributed by atoms with Crippen LogP contribution in [-0.2, 0) is 23.8 Å². The van der Waals surface area contributed by atoms with Crippen LogP contribution < -0.4 is 9.64 Å². The van der Waals surface area contributed by atoms with Gasteiger partial charge in [-0.3, -0.25) is 0 Å². The van der Waals surface area contributed by atoms with Crippen molar-refractivity contribution in [3.8, 4) is 5.75 Å². The van der Waals surface area contributed by atoms with Crippen molar-refractivity contribution >= 4 is 17.6 Å². The number of esters is 2. The lowest BCUT2D eigenvalue weighted by Gasteiger charge is -2.32. The molecule has 0 atom stereocenters. The van der Waals surface area contributed by atoms with E-state index in [-0.39, 0.29) is 24.6 Å². The highest BCUT2D eigenvalue weighted by atomic mass is 16.5. The fourth-order valence-electron chi connectivity index (χ4n) is 2.45. The Bertz CT molecular complexity index is 652. The van der Waals surface area contributed by atoms with Gasteiger partial charge in [0.2, 0.25) is 0 Å². The van der Waals surface area contributed by atoms with Crippen LogP contribution in [0.3, 0.4) is 0 Å². The van der Waals surface area contributed by atoms with Crippen molar-refractivity contribution in [2.24, 2.45) is 0 Å². The van der Waals surface area contributed by atoms with Gasteiger partial charge in [0.1, 0.15) is 18.2 Å². The molecular formula is C16H19NO6. The molecule has 1 heterocycles. The summed E-state index contributed by atoms with van der Waals surface area (Å²) in [7, 11) is 4.08. The van der Waals surface area contributed by atoms with Crippen LogP contribution >= 0.6 is 0 Å². The first-order valence-corrected chi connectivity index (χ1v) is 6.93. The largest absolute Gasteiger partial charge is 0.496 e. The van der Waals surface area contributed by atoms with Crippen molar-refractivity contribution in [2.45, 2.75) is 6.92 Å². The normalized spacial score (nSPS) is 14.5. The number of benzene rings is 1. The predicted octanol–water partition coefficient (Wildman–Crippen LogP) is 1.40. The van der Waals surface area contributed by atoms with E-state index in [0.29, 0.717) is 11.4 Å². The molecule has 0 N–H and O–H groups in total. The van der Waals surface area contributed by atoms with Crippen molar-refractivity contribution in [2.75, 3.05) is 39.6 Å². The Morgan fingerprint density at radius 2 is 1.83 bits per heavy atom. The van der Waals surface area contributed by atoms with Crippen LogP contribution in [0.1, 0.15) is 5.56 Å². The van der Waals surface area contributed by atoms with Gasteiger partial charge in [0.15, 0.2) is 0 Å². The van der Waals surface area contributed by atoms with Crippen LogP contribution in [0.25, 0.3) is 0 Å². The van der Waals surface area contributed by atoms with Crippen molar-refractivity contribution in [3.63, 3.8) is 0 Å². The van der Waals surface area contributed by atoms with Crippen molar-refractivity contribution in [1.82, 2.24) is 0 Å². The number of ether oxygens (including phenoxy) is 4. The van der Waals surface area contributed by atoms with Crippen molar-refractivity contribution in [1.29, 1.82) is 0 Å². The molecule has 0 amide bonds. The summed E-state index contributed by atoms with van der Waals surface area (Å²) >= 11 is 0. The summed E-state index contributed by atoms with van der Waals surface area (Å²) in [5.74, 6) is -0.594. The van der Waals surface area contributed by atoms with E-state index < -0.39 is 11.9 Å². The van der Waals surface area contributed by atoms with Gasteiger partial charge in [0.25, 0.3) is 0 Å². The molecule has 0 radical (unpaired) electrons. The van der Waals surface area contributed by atoms with Crippen LogP contribution in [0.5, 0.6) is 5.75 Å². The summed E-state index contributed by atoms with van der Waals surface area (Å²) in [5.41, 5.74) is 1.73. The Balaban J connectivity index is 2.60. The molecule has 0 saturated heterocycles. The molecule has 1 aliphatic rings. The molecule has 0 fully saturated rings. The maximum absolute atomic E-state index is 12.2. The molecule has 0 spiro atoms. The van der Waals surface area contributed by atoms with E-state index >= 15 is 0 Å². The highest BCUT2D eigenvalue weighted by molar-refractivity contribution is 6.03. The summed E-state index contributed by atoms with van der Waals surface area (Å²) in [6.07, 6.45) is 0. The molecular weight excluding hydrogens is 302 g/mol. The molecule has 2 rings (SSSR count). The van der Waals surface area contributed by atoms with Gasteiger partial charge in [0, 0.05) is 5.56 Å². The summed E-state index contributed by atoms with van der Waals surface area (Å²) in [6.45, 7) is 1.95. The Labute approximate surface area is 134 Å². The maximum atomic E-state index is 12.2. The Morgan fingerprint density at radius 1 is 1.13 bits per heavy atom. The molecule has 0 aromatic heterocycles. The fourth-order valence-corrected chi connectivity index (χ4v) is 2.45. The van der Waals surface area contributed by atoms with Gasteiger partial charge < -0.3 is 23.8 Å². The first-order valence-electron chi connectivity index (χ1n) is 6.93. The standard InChI is InChI=1S/C16H19NO6/c1-10-12(6-5-7-13(10)20-2)17-9-23-8-11(15(18)21-3)14(17)16(19)22-4/h5-7H,8-9H2,1-4H3. The van der Waals surface area contributed by atoms with Gasteiger partial charge in [-0.25, -0.2) is 9.59 Å². The number of carbonyl (C=O) groups is 2. The lowest BCUT2D eigenvalue weighted by molar-refractivity contribution is -0.140. The van der Waals surface area contributed by atoms with Crippen LogP contribution in [-0.4, -0.2) is 46.6 Å². The number of methoxy groups -OCH3 is 3. The highest BCUT2D eigenvalue weighted by Crippen LogP contribution is 2.33. The molecule has 124 valence electrons. The van der Waals surface area contributed by atoms with Gasteiger partial charge >= 0.3 is 11.9 Å². The smallest absolute Gasteiger partial charge is 0.355 e. The van der Waals surface area contributed by atoms with Gasteiger partial charge in [-0.15, -0.1) is 0 Å². The quantitative estimate of drug-likeness (QED) is 0.776. The second-order valence-corrected chi connectivity index (χ2v) is 4.82. The summed E-state index contributed by atoms with van der Waals surface area (Å²) in [4.78, 5) is 25.8. The molecule has 7 heteroatoms. The molecule has 0 saturated carbocycles. The van der Waals surface area contributed by atoms with E-state index in [0.717, 1.165) is 5.56 Å². The minimum atomic E-state index is -0.629. The minimum absolute atomic E-state index is 0.0172. The van der Waals surface area contributed by atoms with Gasteiger partial charge in [-0.1, -0.05) is 6.07 Å². The van der Waals surface area contributed by atoms with E-state index in [1.54, 1.807) is 18.1 Å². The SMILES string of the molecule is COC(=O)C1=C(C(=O)OC)N(c2cccc(OC)c2C)COC1. The maximum Gasteiger partial charge on any atom is 0.355 e. The monoisotopic (exact) mass is 321 g/mol. The number of anilines is 1. The third-order valence-electron chi connectivity index (χ3n) is 3.60. The highest BCUT2D eigenvalue weighted by Gasteiger charge is 2.33. The first-order chi connectivity index (χ1) is 11.0. The molecule has 7 nitrogen and oxygen atoms in total. The Morgan fingerprint density at radius 3 is 2.43 bits per heavy atom. The second kappa shape index (κ2) is 7.15. The lowest BCUT2D eigenvalue weighted by atomic mass is 10.1. The Kier molecular flexibility index (Phi) is 5.23. The third-order valence-corrected chi connectivity index (χ3v) is 3.60. The van der Waals surface area contributed by atoms with Gasteiger partial charge in [-0.05, 0) is 19.1 Å². The van der Waals surface area contributed by atoms with Gasteiger partial charge in [0.05, 0.1) is 39.2 Å². The van der Waals surface area contributed by atoms with Crippen molar-refractivity contribution in [3.05, 3.63) is 35.0 Å². The summed E-state index contributed by atoms with van der Waals surface area (Å²) < 4.78 is 20.3. The zero-order valence-electron chi connectivity index (χ0n) is 13.5. The van der Waals surface area contributed by atoms with Crippen LogP contribution in [0.2, 0.25) is 0 Å². The predicted molar refractivity (Wildman–Crippen MR) is 82.1 cm³/mol. The number of hydrogen-bond donors (Lipinski definition) is 0. The molecule has 0 bridgehead atoms. The minimum Gasteiger partial charge on any atom is -0.496 e. The zero-order chi connectivity index (χ0) is 17.0. The molecule has 0 aliphatic carbocycles.